The Morgan fingerprint density at radius 2 is 1.65 bits per heavy atom. The molecule has 7 atom stereocenters. The second kappa shape index (κ2) is 19.4. The van der Waals surface area contributed by atoms with Crippen LogP contribution in [-0.4, -0.2) is 96.1 Å². The molecule has 4 rings (SSSR count). The van der Waals surface area contributed by atoms with E-state index in [1.807, 2.05) is 86.8 Å². The van der Waals surface area contributed by atoms with Crippen molar-refractivity contribution in [2.45, 2.75) is 102 Å². The number of methoxy groups -OCH3 is 2. The summed E-state index contributed by atoms with van der Waals surface area (Å²) >= 11 is 1.50. The maximum atomic E-state index is 14.3. The fraction of sp³-hybridized carbons (Fsp3) is 0.537. The third-order valence-corrected chi connectivity index (χ3v) is 11.2. The Balaban J connectivity index is 1.53. The molecule has 2 heterocycles. The summed E-state index contributed by atoms with van der Waals surface area (Å²) in [5.41, 5.74) is 6.74. The zero-order valence-electron chi connectivity index (χ0n) is 32.9. The van der Waals surface area contributed by atoms with Gasteiger partial charge in [-0.05, 0) is 50.2 Å². The number of rotatable bonds is 18. The van der Waals surface area contributed by atoms with Crippen molar-refractivity contribution in [3.8, 4) is 0 Å². The summed E-state index contributed by atoms with van der Waals surface area (Å²) in [5, 5.41) is 8.78. The Bertz CT molecular complexity index is 1650. The van der Waals surface area contributed by atoms with Gasteiger partial charge >= 0.3 is 0 Å². The predicted molar refractivity (Wildman–Crippen MR) is 210 cm³/mol. The number of aromatic nitrogens is 1. The molecule has 0 spiro atoms. The van der Waals surface area contributed by atoms with Crippen LogP contribution in [-0.2, 0) is 35.1 Å². The molecule has 0 aliphatic carbocycles. The molecule has 2 aromatic carbocycles. The topological polar surface area (TPSA) is 156 Å². The first kappa shape index (κ1) is 42.6. The van der Waals surface area contributed by atoms with Crippen LogP contribution in [0.25, 0.3) is 0 Å². The molecule has 0 unspecified atom stereocenters. The van der Waals surface area contributed by atoms with Gasteiger partial charge in [-0.15, -0.1) is 11.3 Å². The first-order valence-corrected chi connectivity index (χ1v) is 19.6. The summed E-state index contributed by atoms with van der Waals surface area (Å²) in [6.07, 6.45) is 2.43. The van der Waals surface area contributed by atoms with Crippen molar-refractivity contribution in [2.24, 2.45) is 17.6 Å². The maximum absolute atomic E-state index is 14.3. The van der Waals surface area contributed by atoms with Crippen molar-refractivity contribution < 1.29 is 28.7 Å². The van der Waals surface area contributed by atoms with E-state index < -0.39 is 41.7 Å². The first-order valence-electron chi connectivity index (χ1n) is 18.7. The number of likely N-dealkylation sites (tertiary alicyclic amines) is 1. The standard InChI is InChI=1S/C41H58N6O6S/c1-26(2)34(45-40(51)41(4,5)42)39(50)46(6)35(29-18-13-10-14-19-29)32(52-7)25-33(48)47-22-15-20-31(47)36(53-8)27(3)37(49)44-30(38-43-21-23-54-38)24-28-16-11-9-12-17-28/h9-14,16-19,21,23,26-27,30-32,34-36H,15,20,22,24-25,42H2,1-8H3,(H,44,49)(H,45,51)/t27-,30+,31+,32-,34+,35+,36-/m1/s1. The Labute approximate surface area is 324 Å². The molecule has 0 radical (unpaired) electrons. The molecule has 1 saturated heterocycles. The Hall–Kier alpha value is -4.17. The predicted octanol–water partition coefficient (Wildman–Crippen LogP) is 4.67. The molecular weight excluding hydrogens is 705 g/mol. The number of amides is 4. The third-order valence-electron chi connectivity index (χ3n) is 10.3. The molecule has 1 aromatic heterocycles. The lowest BCUT2D eigenvalue weighted by molar-refractivity contribution is -0.146. The molecule has 3 aromatic rings. The molecule has 4 N–H and O–H groups in total. The summed E-state index contributed by atoms with van der Waals surface area (Å²) in [6, 6.07) is 17.2. The quantitative estimate of drug-likeness (QED) is 0.169. The highest BCUT2D eigenvalue weighted by atomic mass is 32.1. The average molecular weight is 763 g/mol. The normalized spacial score (nSPS) is 18.0. The molecule has 1 aliphatic rings. The molecule has 1 fully saturated rings. The van der Waals surface area contributed by atoms with Gasteiger partial charge in [-0.2, -0.15) is 0 Å². The third kappa shape index (κ3) is 10.7. The van der Waals surface area contributed by atoms with Gasteiger partial charge in [-0.3, -0.25) is 19.2 Å². The van der Waals surface area contributed by atoms with Crippen LogP contribution in [0.1, 0.15) is 82.1 Å². The van der Waals surface area contributed by atoms with Crippen LogP contribution < -0.4 is 16.4 Å². The van der Waals surface area contributed by atoms with Crippen LogP contribution in [0.4, 0.5) is 0 Å². The van der Waals surface area contributed by atoms with Crippen LogP contribution in [0, 0.1) is 11.8 Å². The van der Waals surface area contributed by atoms with Crippen molar-refractivity contribution in [2.75, 3.05) is 27.8 Å². The zero-order valence-corrected chi connectivity index (χ0v) is 33.7. The summed E-state index contributed by atoms with van der Waals surface area (Å²) in [6.45, 7) is 9.24. The van der Waals surface area contributed by atoms with Crippen molar-refractivity contribution in [1.29, 1.82) is 0 Å². The second-order valence-corrected chi connectivity index (χ2v) is 16.0. The number of hydrogen-bond donors (Lipinski definition) is 3. The lowest BCUT2D eigenvalue weighted by Gasteiger charge is -2.39. The number of nitrogens with two attached hydrogens (primary N) is 1. The first-order chi connectivity index (χ1) is 25.7. The minimum atomic E-state index is -1.18. The summed E-state index contributed by atoms with van der Waals surface area (Å²) in [5.74, 6) is -1.93. The fourth-order valence-corrected chi connectivity index (χ4v) is 7.88. The second-order valence-electron chi connectivity index (χ2n) is 15.1. The molecule has 1 aliphatic heterocycles. The summed E-state index contributed by atoms with van der Waals surface area (Å²) < 4.78 is 12.0. The van der Waals surface area contributed by atoms with E-state index in [4.69, 9.17) is 15.2 Å². The number of benzene rings is 2. The van der Waals surface area contributed by atoms with Gasteiger partial charge in [-0.25, -0.2) is 4.98 Å². The Morgan fingerprint density at radius 3 is 2.20 bits per heavy atom. The van der Waals surface area contributed by atoms with Crippen LogP contribution in [0.2, 0.25) is 0 Å². The van der Waals surface area contributed by atoms with Crippen LogP contribution in [0.3, 0.4) is 0 Å². The number of thiazole rings is 1. The molecule has 4 amide bonds. The molecule has 13 heteroatoms. The highest BCUT2D eigenvalue weighted by molar-refractivity contribution is 7.09. The van der Waals surface area contributed by atoms with Gasteiger partial charge in [0.05, 0.1) is 48.2 Å². The lowest BCUT2D eigenvalue weighted by atomic mass is 9.93. The van der Waals surface area contributed by atoms with Gasteiger partial charge in [0.2, 0.25) is 23.6 Å². The minimum absolute atomic E-state index is 0.0288. The largest absolute Gasteiger partial charge is 0.378 e. The number of carbonyl (C=O) groups excluding carboxylic acids is 4. The van der Waals surface area contributed by atoms with Crippen LogP contribution >= 0.6 is 11.3 Å². The van der Waals surface area contributed by atoms with Crippen LogP contribution in [0.5, 0.6) is 0 Å². The SMILES string of the molecule is CO[C@H]([C@@H](C)C(=O)N[C@@H](Cc1ccccc1)c1nccs1)[C@@H]1CCCN1C(=O)C[C@@H](OC)[C@H](c1ccccc1)N(C)C(=O)[C@@H](NC(=O)C(C)(C)N)C(C)C. The van der Waals surface area contributed by atoms with Crippen molar-refractivity contribution in [1.82, 2.24) is 25.4 Å². The van der Waals surface area contributed by atoms with Crippen molar-refractivity contribution in [3.05, 3.63) is 88.4 Å². The van der Waals surface area contributed by atoms with Gasteiger partial charge < -0.3 is 35.6 Å². The van der Waals surface area contributed by atoms with E-state index in [1.165, 1.54) is 18.4 Å². The van der Waals surface area contributed by atoms with Gasteiger partial charge in [-0.1, -0.05) is 81.4 Å². The Kier molecular flexibility index (Phi) is 15.3. The van der Waals surface area contributed by atoms with E-state index in [0.29, 0.717) is 19.4 Å². The van der Waals surface area contributed by atoms with E-state index in [1.54, 1.807) is 44.0 Å². The minimum Gasteiger partial charge on any atom is -0.378 e. The van der Waals surface area contributed by atoms with E-state index >= 15 is 0 Å². The number of ether oxygens (including phenoxy) is 2. The monoisotopic (exact) mass is 762 g/mol. The molecule has 294 valence electrons. The highest BCUT2D eigenvalue weighted by Crippen LogP contribution is 2.32. The number of likely N-dealkylation sites (N-methyl/N-ethyl adjacent to an activating group) is 1. The van der Waals surface area contributed by atoms with Crippen LogP contribution in [0.15, 0.2) is 72.2 Å². The molecule has 12 nitrogen and oxygen atoms in total. The summed E-state index contributed by atoms with van der Waals surface area (Å²) in [7, 11) is 4.78. The number of carbonyl (C=O) groups is 4. The Morgan fingerprint density at radius 1 is 1.00 bits per heavy atom. The zero-order chi connectivity index (χ0) is 39.6. The van der Waals surface area contributed by atoms with E-state index in [-0.39, 0.29) is 42.1 Å². The van der Waals surface area contributed by atoms with Gasteiger partial charge in [0.15, 0.2) is 0 Å². The molecular formula is C41H58N6O6S. The van der Waals surface area contributed by atoms with Crippen molar-refractivity contribution >= 4 is 35.0 Å². The fourth-order valence-electron chi connectivity index (χ4n) is 7.20. The number of nitrogens with one attached hydrogen (secondary N) is 2. The average Bonchev–Trinajstić information content (AvgIpc) is 3.87. The van der Waals surface area contributed by atoms with E-state index in [0.717, 1.165) is 22.6 Å². The maximum Gasteiger partial charge on any atom is 0.245 e. The van der Waals surface area contributed by atoms with Gasteiger partial charge in [0.1, 0.15) is 11.0 Å². The van der Waals surface area contributed by atoms with E-state index in [9.17, 15) is 19.2 Å². The highest BCUT2D eigenvalue weighted by Gasteiger charge is 2.43. The van der Waals surface area contributed by atoms with Gasteiger partial charge in [0, 0.05) is 39.4 Å². The van der Waals surface area contributed by atoms with Gasteiger partial charge in [0.25, 0.3) is 0 Å². The lowest BCUT2D eigenvalue weighted by Crippen LogP contribution is -2.58. The smallest absolute Gasteiger partial charge is 0.245 e. The number of nitrogens with zero attached hydrogens (tertiary/aromatic N) is 3. The molecule has 54 heavy (non-hydrogen) atoms. The summed E-state index contributed by atoms with van der Waals surface area (Å²) in [4.78, 5) is 63.1. The van der Waals surface area contributed by atoms with E-state index in [2.05, 4.69) is 15.6 Å². The molecule has 0 bridgehead atoms. The van der Waals surface area contributed by atoms with Crippen molar-refractivity contribution in [3.63, 3.8) is 0 Å². The number of hydrogen-bond acceptors (Lipinski definition) is 9. The molecule has 0 saturated carbocycles.